The number of H-pyrrole nitrogens is 1. The molecule has 1 unspecified atom stereocenters. The van der Waals surface area contributed by atoms with Crippen molar-refractivity contribution < 1.29 is 4.42 Å². The lowest BCUT2D eigenvalue weighted by molar-refractivity contribution is 0.577. The number of hydrogen-bond acceptors (Lipinski definition) is 5. The molecule has 0 saturated heterocycles. The second-order valence-electron chi connectivity index (χ2n) is 6.74. The predicted octanol–water partition coefficient (Wildman–Crippen LogP) is 3.34. The summed E-state index contributed by atoms with van der Waals surface area (Å²) in [5.74, 6) is 2.71. The number of aromatic nitrogens is 5. The van der Waals surface area contributed by atoms with E-state index in [0.29, 0.717) is 24.6 Å². The summed E-state index contributed by atoms with van der Waals surface area (Å²) in [7, 11) is 1.76. The Morgan fingerprint density at radius 2 is 2.16 bits per heavy atom. The van der Waals surface area contributed by atoms with E-state index < -0.39 is 0 Å². The number of nitrogens with one attached hydrogen (secondary N) is 3. The summed E-state index contributed by atoms with van der Waals surface area (Å²) < 4.78 is 7.16. The van der Waals surface area contributed by atoms with Gasteiger partial charge < -0.3 is 15.1 Å². The Bertz CT molecular complexity index is 1090. The molecule has 10 heteroatoms. The maximum Gasteiger partial charge on any atom is 0.216 e. The van der Waals surface area contributed by atoms with Crippen molar-refractivity contribution in [3.63, 3.8) is 0 Å². The molecule has 0 aliphatic rings. The average molecular weight is 532 g/mol. The van der Waals surface area contributed by atoms with Crippen molar-refractivity contribution in [2.75, 3.05) is 13.6 Å². The van der Waals surface area contributed by atoms with Gasteiger partial charge in [-0.15, -0.1) is 24.0 Å². The molecule has 162 valence electrons. The monoisotopic (exact) mass is 532 g/mol. The molecule has 1 aromatic carbocycles. The van der Waals surface area contributed by atoms with Crippen molar-refractivity contribution >= 4 is 29.9 Å². The topological polar surface area (TPSA) is 109 Å². The number of nitrogens with zero attached hydrogens (tertiary/aromatic N) is 5. The lowest BCUT2D eigenvalue weighted by atomic mass is 10.1. The molecule has 0 aliphatic heterocycles. The summed E-state index contributed by atoms with van der Waals surface area (Å²) in [6.45, 7) is 2.76. The van der Waals surface area contributed by atoms with Gasteiger partial charge in [0.1, 0.15) is 5.82 Å². The third kappa shape index (κ3) is 5.72. The smallest absolute Gasteiger partial charge is 0.216 e. The van der Waals surface area contributed by atoms with Crippen LogP contribution in [0.25, 0.3) is 17.3 Å². The van der Waals surface area contributed by atoms with Crippen molar-refractivity contribution in [3.05, 3.63) is 72.5 Å². The van der Waals surface area contributed by atoms with Crippen molar-refractivity contribution in [1.29, 1.82) is 0 Å². The molecule has 31 heavy (non-hydrogen) atoms. The number of guanidine groups is 1. The van der Waals surface area contributed by atoms with E-state index >= 15 is 0 Å². The highest BCUT2D eigenvalue weighted by atomic mass is 127. The first-order chi connectivity index (χ1) is 14.7. The summed E-state index contributed by atoms with van der Waals surface area (Å²) in [6, 6.07) is 13.9. The molecule has 3 N–H and O–H groups in total. The Hall–Kier alpha value is -3.15. The number of hydrogen-bond donors (Lipinski definition) is 3. The molecule has 4 aromatic rings. The number of halogens is 1. The lowest BCUT2D eigenvalue weighted by Gasteiger charge is -2.18. The van der Waals surface area contributed by atoms with Gasteiger partial charge in [0.15, 0.2) is 11.7 Å². The van der Waals surface area contributed by atoms with Crippen LogP contribution < -0.4 is 10.6 Å². The molecule has 0 fully saturated rings. The second-order valence-corrected chi connectivity index (χ2v) is 6.74. The van der Waals surface area contributed by atoms with Crippen LogP contribution >= 0.6 is 24.0 Å². The van der Waals surface area contributed by atoms with Gasteiger partial charge in [0.05, 0.1) is 18.0 Å². The van der Waals surface area contributed by atoms with Crippen LogP contribution in [-0.4, -0.2) is 44.5 Å². The van der Waals surface area contributed by atoms with Crippen molar-refractivity contribution in [3.8, 4) is 17.3 Å². The molecule has 0 aliphatic carbocycles. The first kappa shape index (κ1) is 22.5. The Morgan fingerprint density at radius 1 is 1.26 bits per heavy atom. The van der Waals surface area contributed by atoms with E-state index in [4.69, 9.17) is 4.42 Å². The summed E-state index contributed by atoms with van der Waals surface area (Å²) >= 11 is 0. The molecule has 4 rings (SSSR count). The van der Waals surface area contributed by atoms with Gasteiger partial charge in [-0.05, 0) is 42.8 Å². The summed E-state index contributed by atoms with van der Waals surface area (Å²) in [4.78, 5) is 8.77. The van der Waals surface area contributed by atoms with E-state index in [1.54, 1.807) is 19.5 Å². The minimum absolute atomic E-state index is 0. The van der Waals surface area contributed by atoms with Crippen LogP contribution in [0.3, 0.4) is 0 Å². The van der Waals surface area contributed by atoms with Gasteiger partial charge in [-0.3, -0.25) is 10.1 Å². The fourth-order valence-corrected chi connectivity index (χ4v) is 3.06. The first-order valence-electron chi connectivity index (χ1n) is 9.75. The van der Waals surface area contributed by atoms with Crippen LogP contribution in [0, 0.1) is 0 Å². The van der Waals surface area contributed by atoms with Gasteiger partial charge in [-0.2, -0.15) is 10.2 Å². The number of aliphatic imine (C=N–C) groups is 1. The lowest BCUT2D eigenvalue weighted by Crippen LogP contribution is -2.39. The van der Waals surface area contributed by atoms with E-state index in [1.807, 2.05) is 41.2 Å². The summed E-state index contributed by atoms with van der Waals surface area (Å²) in [5.41, 5.74) is 2.16. The van der Waals surface area contributed by atoms with Crippen molar-refractivity contribution in [2.24, 2.45) is 4.99 Å². The van der Waals surface area contributed by atoms with E-state index in [0.717, 1.165) is 23.0 Å². The standard InChI is InChI=1S/C21H24N8O.HI/c1-15(16-6-3-7-17(14-16)29-12-5-10-24-29)25-21(22-2)23-11-9-19-26-20(28-27-19)18-8-4-13-30-18;/h3-8,10,12-15H,9,11H2,1-2H3,(H2,22,23,25)(H,26,27,28);1H. The first-order valence-corrected chi connectivity index (χ1v) is 9.75. The third-order valence-corrected chi connectivity index (χ3v) is 4.64. The van der Waals surface area contributed by atoms with Crippen LogP contribution in [0.1, 0.15) is 24.4 Å². The Morgan fingerprint density at radius 3 is 2.90 bits per heavy atom. The van der Waals surface area contributed by atoms with Crippen LogP contribution in [0.15, 0.2) is 70.5 Å². The van der Waals surface area contributed by atoms with E-state index in [-0.39, 0.29) is 30.0 Å². The molecular formula is C21H25IN8O. The van der Waals surface area contributed by atoms with Gasteiger partial charge in [-0.1, -0.05) is 12.1 Å². The van der Waals surface area contributed by atoms with E-state index in [9.17, 15) is 0 Å². The van der Waals surface area contributed by atoms with E-state index in [2.05, 4.69) is 55.0 Å². The van der Waals surface area contributed by atoms with Gasteiger partial charge in [0.2, 0.25) is 5.82 Å². The maximum absolute atomic E-state index is 5.32. The Labute approximate surface area is 197 Å². The minimum atomic E-state index is 0. The van der Waals surface area contributed by atoms with Crippen LogP contribution in [-0.2, 0) is 6.42 Å². The average Bonchev–Trinajstić information content (AvgIpc) is 3.55. The molecule has 0 spiro atoms. The zero-order valence-electron chi connectivity index (χ0n) is 17.3. The molecular weight excluding hydrogens is 507 g/mol. The molecule has 9 nitrogen and oxygen atoms in total. The Balaban J connectivity index is 0.00000272. The van der Waals surface area contributed by atoms with Gasteiger partial charge in [0, 0.05) is 32.4 Å². The third-order valence-electron chi connectivity index (χ3n) is 4.64. The molecule has 0 radical (unpaired) electrons. The summed E-state index contributed by atoms with van der Waals surface area (Å²) in [6.07, 6.45) is 5.98. The fraction of sp³-hybridized carbons (Fsp3) is 0.238. The highest BCUT2D eigenvalue weighted by Gasteiger charge is 2.11. The predicted molar refractivity (Wildman–Crippen MR) is 130 cm³/mol. The minimum Gasteiger partial charge on any atom is -0.461 e. The van der Waals surface area contributed by atoms with Crippen molar-refractivity contribution in [1.82, 2.24) is 35.6 Å². The van der Waals surface area contributed by atoms with E-state index in [1.165, 1.54) is 0 Å². The fourth-order valence-electron chi connectivity index (χ4n) is 3.06. The SMILES string of the molecule is CN=C(NCCc1nc(-c2ccco2)n[nH]1)NC(C)c1cccc(-n2cccn2)c1.I. The zero-order chi connectivity index (χ0) is 20.8. The highest BCUT2D eigenvalue weighted by Crippen LogP contribution is 2.17. The number of rotatable bonds is 7. The van der Waals surface area contributed by atoms with Crippen LogP contribution in [0.4, 0.5) is 0 Å². The van der Waals surface area contributed by atoms with Crippen LogP contribution in [0.2, 0.25) is 0 Å². The number of benzene rings is 1. The Kier molecular flexibility index (Phi) is 7.82. The normalized spacial score (nSPS) is 12.3. The number of aromatic amines is 1. The van der Waals surface area contributed by atoms with Crippen LogP contribution in [0.5, 0.6) is 0 Å². The molecule has 3 aromatic heterocycles. The van der Waals surface area contributed by atoms with Gasteiger partial charge in [-0.25, -0.2) is 9.67 Å². The summed E-state index contributed by atoms with van der Waals surface area (Å²) in [5, 5.41) is 18.1. The second kappa shape index (κ2) is 10.8. The maximum atomic E-state index is 5.32. The van der Waals surface area contributed by atoms with Gasteiger partial charge >= 0.3 is 0 Å². The molecule has 0 amide bonds. The van der Waals surface area contributed by atoms with Crippen molar-refractivity contribution in [2.45, 2.75) is 19.4 Å². The molecule has 0 bridgehead atoms. The highest BCUT2D eigenvalue weighted by molar-refractivity contribution is 14.0. The number of furan rings is 1. The van der Waals surface area contributed by atoms with Gasteiger partial charge in [0.25, 0.3) is 0 Å². The molecule has 0 saturated carbocycles. The molecule has 3 heterocycles. The quantitative estimate of drug-likeness (QED) is 0.192. The zero-order valence-corrected chi connectivity index (χ0v) is 19.6. The largest absolute Gasteiger partial charge is 0.461 e. The molecule has 1 atom stereocenters.